The Morgan fingerprint density at radius 2 is 1.90 bits per heavy atom. The number of carbonyl (C=O) groups excluding carboxylic acids is 3. The molecule has 2 N–H and O–H groups in total. The van der Waals surface area contributed by atoms with Crippen LogP contribution in [0.3, 0.4) is 0 Å². The van der Waals surface area contributed by atoms with Crippen molar-refractivity contribution < 1.29 is 29.0 Å². The van der Waals surface area contributed by atoms with Crippen molar-refractivity contribution in [3.8, 4) is 0 Å². The Hall–Kier alpha value is -2.94. The van der Waals surface area contributed by atoms with E-state index in [0.29, 0.717) is 32.4 Å². The Balaban J connectivity index is 1.75. The summed E-state index contributed by atoms with van der Waals surface area (Å²) in [6, 6.07) is 7.01. The minimum Gasteiger partial charge on any atom is -0.480 e. The van der Waals surface area contributed by atoms with Gasteiger partial charge in [0.15, 0.2) is 0 Å². The molecule has 2 aliphatic rings. The summed E-state index contributed by atoms with van der Waals surface area (Å²) in [7, 11) is 1.77. The smallest absolute Gasteiger partial charge is 0.326 e. The van der Waals surface area contributed by atoms with Gasteiger partial charge in [0.2, 0.25) is 11.8 Å². The number of likely N-dealkylation sites (tertiary alicyclic amines) is 2. The largest absolute Gasteiger partial charge is 0.480 e. The van der Waals surface area contributed by atoms with Crippen LogP contribution in [0.5, 0.6) is 0 Å². The normalized spacial score (nSPS) is 24.6. The van der Waals surface area contributed by atoms with Gasteiger partial charge in [-0.25, -0.2) is 4.79 Å². The van der Waals surface area contributed by atoms with E-state index in [9.17, 15) is 24.3 Å². The average Bonchev–Trinajstić information content (AvgIpc) is 3.34. The lowest BCUT2D eigenvalue weighted by atomic mass is 10.0. The maximum absolute atomic E-state index is 13.3. The van der Waals surface area contributed by atoms with Crippen LogP contribution in [0.15, 0.2) is 30.3 Å². The van der Waals surface area contributed by atoms with Crippen LogP contribution < -0.4 is 5.32 Å². The lowest BCUT2D eigenvalue weighted by Crippen LogP contribution is -2.55. The highest BCUT2D eigenvalue weighted by molar-refractivity contribution is 5.92. The first-order chi connectivity index (χ1) is 14.8. The molecule has 1 aromatic rings. The molecule has 168 valence electrons. The molecule has 0 aliphatic carbocycles. The highest BCUT2D eigenvalue weighted by atomic mass is 16.5. The summed E-state index contributed by atoms with van der Waals surface area (Å²) in [6.07, 6.45) is 1.25. The number of aliphatic carboxylic acids is 1. The van der Waals surface area contributed by atoms with E-state index in [1.807, 2.05) is 30.3 Å². The SMILES string of the molecule is CC(=O)O[C@@H]1C[C@@H](C(=O)N[C@@H](Cc2ccccc2)C(=O)N2CCC[C@H]2C(=O)O)N(C)C1. The van der Waals surface area contributed by atoms with E-state index in [1.165, 1.54) is 11.8 Å². The molecule has 2 aliphatic heterocycles. The first-order valence-corrected chi connectivity index (χ1v) is 10.5. The Labute approximate surface area is 181 Å². The van der Waals surface area contributed by atoms with Gasteiger partial charge in [0, 0.05) is 32.9 Å². The third kappa shape index (κ3) is 5.61. The van der Waals surface area contributed by atoms with Crippen LogP contribution in [-0.2, 0) is 30.3 Å². The van der Waals surface area contributed by atoms with E-state index < -0.39 is 30.1 Å². The van der Waals surface area contributed by atoms with Gasteiger partial charge < -0.3 is 20.1 Å². The predicted octanol–water partition coefficient (Wildman–Crippen LogP) is 0.425. The first kappa shape index (κ1) is 22.7. The number of hydrogen-bond acceptors (Lipinski definition) is 6. The molecule has 9 nitrogen and oxygen atoms in total. The number of esters is 1. The molecule has 4 atom stereocenters. The van der Waals surface area contributed by atoms with Crippen LogP contribution in [-0.4, -0.2) is 83.0 Å². The minimum atomic E-state index is -1.03. The second-order valence-corrected chi connectivity index (χ2v) is 8.20. The van der Waals surface area contributed by atoms with Crippen molar-refractivity contribution in [1.29, 1.82) is 0 Å². The Morgan fingerprint density at radius 1 is 1.19 bits per heavy atom. The summed E-state index contributed by atoms with van der Waals surface area (Å²) in [5.74, 6) is -2.16. The fraction of sp³-hybridized carbons (Fsp3) is 0.545. The molecule has 0 bridgehead atoms. The lowest BCUT2D eigenvalue weighted by Gasteiger charge is -2.29. The third-order valence-electron chi connectivity index (χ3n) is 5.86. The molecule has 2 amide bonds. The summed E-state index contributed by atoms with van der Waals surface area (Å²) in [4.78, 5) is 52.3. The summed E-state index contributed by atoms with van der Waals surface area (Å²) < 4.78 is 5.23. The highest BCUT2D eigenvalue weighted by Crippen LogP contribution is 2.22. The van der Waals surface area contributed by atoms with Gasteiger partial charge in [-0.05, 0) is 25.5 Å². The fourth-order valence-electron chi connectivity index (χ4n) is 4.38. The summed E-state index contributed by atoms with van der Waals surface area (Å²) in [5, 5.41) is 12.3. The van der Waals surface area contributed by atoms with Crippen LogP contribution in [0.25, 0.3) is 0 Å². The van der Waals surface area contributed by atoms with Gasteiger partial charge in [-0.15, -0.1) is 0 Å². The summed E-state index contributed by atoms with van der Waals surface area (Å²) in [6.45, 7) is 2.12. The summed E-state index contributed by atoms with van der Waals surface area (Å²) >= 11 is 0. The number of carboxylic acid groups (broad SMARTS) is 1. The van der Waals surface area contributed by atoms with Crippen LogP contribution in [0.2, 0.25) is 0 Å². The molecule has 0 aromatic heterocycles. The van der Waals surface area contributed by atoms with E-state index in [2.05, 4.69) is 5.32 Å². The Morgan fingerprint density at radius 3 is 2.55 bits per heavy atom. The van der Waals surface area contributed by atoms with Crippen molar-refractivity contribution in [1.82, 2.24) is 15.1 Å². The van der Waals surface area contributed by atoms with Crippen molar-refractivity contribution in [2.45, 2.75) is 56.8 Å². The van der Waals surface area contributed by atoms with E-state index in [1.54, 1.807) is 11.9 Å². The number of ether oxygens (including phenoxy) is 1. The van der Waals surface area contributed by atoms with E-state index in [-0.39, 0.29) is 24.3 Å². The molecular weight excluding hydrogens is 402 g/mol. The van der Waals surface area contributed by atoms with Gasteiger partial charge in [0.25, 0.3) is 0 Å². The molecule has 0 spiro atoms. The molecule has 0 saturated carbocycles. The molecule has 9 heteroatoms. The first-order valence-electron chi connectivity index (χ1n) is 10.5. The van der Waals surface area contributed by atoms with Gasteiger partial charge in [-0.2, -0.15) is 0 Å². The van der Waals surface area contributed by atoms with Gasteiger partial charge >= 0.3 is 11.9 Å². The average molecular weight is 431 g/mol. The monoisotopic (exact) mass is 431 g/mol. The standard InChI is InChI=1S/C22H29N3O6/c1-14(26)31-16-12-19(24(2)13-16)20(27)23-17(11-15-7-4-3-5-8-15)21(28)25-10-6-9-18(25)22(29)30/h3-5,7-8,16-19H,6,9-13H2,1-2H3,(H,23,27)(H,29,30)/t16-,17+,18+,19+/m1/s1. The van der Waals surface area contributed by atoms with Crippen molar-refractivity contribution >= 4 is 23.8 Å². The fourth-order valence-corrected chi connectivity index (χ4v) is 4.38. The zero-order chi connectivity index (χ0) is 22.5. The molecule has 2 heterocycles. The molecule has 0 unspecified atom stereocenters. The third-order valence-corrected chi connectivity index (χ3v) is 5.86. The Kier molecular flexibility index (Phi) is 7.27. The molecule has 0 radical (unpaired) electrons. The van der Waals surface area contributed by atoms with Crippen molar-refractivity contribution in [3.05, 3.63) is 35.9 Å². The molecule has 3 rings (SSSR count). The number of hydrogen-bond donors (Lipinski definition) is 2. The topological polar surface area (TPSA) is 116 Å². The van der Waals surface area contributed by atoms with E-state index in [4.69, 9.17) is 4.74 Å². The highest BCUT2D eigenvalue weighted by Gasteiger charge is 2.40. The summed E-state index contributed by atoms with van der Waals surface area (Å²) in [5.41, 5.74) is 0.866. The van der Waals surface area contributed by atoms with Gasteiger partial charge in [0.05, 0.1) is 6.04 Å². The van der Waals surface area contributed by atoms with E-state index >= 15 is 0 Å². The molecule has 1 aromatic carbocycles. The molecular formula is C22H29N3O6. The van der Waals surface area contributed by atoms with Crippen LogP contribution in [0.4, 0.5) is 0 Å². The number of amides is 2. The maximum Gasteiger partial charge on any atom is 0.326 e. The zero-order valence-electron chi connectivity index (χ0n) is 17.8. The molecule has 2 fully saturated rings. The van der Waals surface area contributed by atoms with Crippen molar-refractivity contribution in [2.24, 2.45) is 0 Å². The number of carboxylic acids is 1. The number of carbonyl (C=O) groups is 4. The number of likely N-dealkylation sites (N-methyl/N-ethyl adjacent to an activating group) is 1. The van der Waals surface area contributed by atoms with Gasteiger partial charge in [0.1, 0.15) is 18.2 Å². The van der Waals surface area contributed by atoms with Crippen LogP contribution >= 0.6 is 0 Å². The van der Waals surface area contributed by atoms with Gasteiger partial charge in [-0.1, -0.05) is 30.3 Å². The number of rotatable bonds is 7. The van der Waals surface area contributed by atoms with Crippen molar-refractivity contribution in [3.63, 3.8) is 0 Å². The lowest BCUT2D eigenvalue weighted by molar-refractivity contribution is -0.149. The zero-order valence-corrected chi connectivity index (χ0v) is 17.8. The Bertz CT molecular complexity index is 830. The number of nitrogens with zero attached hydrogens (tertiary/aromatic N) is 2. The van der Waals surface area contributed by atoms with Crippen LogP contribution in [0.1, 0.15) is 31.7 Å². The number of benzene rings is 1. The number of nitrogens with one attached hydrogen (secondary N) is 1. The maximum atomic E-state index is 13.3. The van der Waals surface area contributed by atoms with E-state index in [0.717, 1.165) is 5.56 Å². The van der Waals surface area contributed by atoms with Gasteiger partial charge in [-0.3, -0.25) is 19.3 Å². The molecule has 2 saturated heterocycles. The second-order valence-electron chi connectivity index (χ2n) is 8.20. The second kappa shape index (κ2) is 9.91. The van der Waals surface area contributed by atoms with Crippen molar-refractivity contribution in [2.75, 3.05) is 20.1 Å². The predicted molar refractivity (Wildman–Crippen MR) is 111 cm³/mol. The molecule has 31 heavy (non-hydrogen) atoms. The quantitative estimate of drug-likeness (QED) is 0.601. The van der Waals surface area contributed by atoms with Crippen LogP contribution in [0, 0.1) is 0 Å². The minimum absolute atomic E-state index is 0.262.